The highest BCUT2D eigenvalue weighted by Gasteiger charge is 2.21. The first-order valence-corrected chi connectivity index (χ1v) is 7.65. The minimum atomic E-state index is 0.163. The number of Topliss-reactive ketones (excluding diaryl/α,β-unsaturated/α-hetero) is 1. The lowest BCUT2D eigenvalue weighted by molar-refractivity contribution is -0.122. The second kappa shape index (κ2) is 7.68. The molecule has 1 unspecified atom stereocenters. The van der Waals surface area contributed by atoms with E-state index in [-0.39, 0.29) is 5.92 Å². The van der Waals surface area contributed by atoms with E-state index in [2.05, 4.69) is 18.9 Å². The molecule has 1 aromatic heterocycles. The van der Waals surface area contributed by atoms with Crippen molar-refractivity contribution in [3.8, 4) is 0 Å². The molecule has 3 nitrogen and oxygen atoms in total. The van der Waals surface area contributed by atoms with Crippen molar-refractivity contribution >= 4 is 17.4 Å². The highest BCUT2D eigenvalue weighted by atomic mass is 35.5. The fourth-order valence-corrected chi connectivity index (χ4v) is 2.73. The van der Waals surface area contributed by atoms with Gasteiger partial charge in [0.1, 0.15) is 5.78 Å². The Hall–Kier alpha value is -0.830. The maximum atomic E-state index is 12.4. The van der Waals surface area contributed by atoms with Gasteiger partial charge in [-0.05, 0) is 19.3 Å². The lowest BCUT2D eigenvalue weighted by Crippen LogP contribution is -2.18. The van der Waals surface area contributed by atoms with Crippen molar-refractivity contribution in [3.05, 3.63) is 16.4 Å². The van der Waals surface area contributed by atoms with Crippen molar-refractivity contribution in [2.24, 2.45) is 13.0 Å². The Balaban J connectivity index is 2.78. The van der Waals surface area contributed by atoms with E-state index in [1.54, 1.807) is 4.68 Å². The Kier molecular flexibility index (Phi) is 6.56. The van der Waals surface area contributed by atoms with Crippen LogP contribution in [0, 0.1) is 5.92 Å². The topological polar surface area (TPSA) is 34.9 Å². The van der Waals surface area contributed by atoms with Gasteiger partial charge in [0.15, 0.2) is 0 Å². The highest BCUT2D eigenvalue weighted by molar-refractivity contribution is 6.32. The Morgan fingerprint density at radius 2 is 2.05 bits per heavy atom. The number of unbranched alkanes of at least 4 members (excludes halogenated alkanes) is 1. The Morgan fingerprint density at radius 3 is 2.53 bits per heavy atom. The van der Waals surface area contributed by atoms with Crippen LogP contribution in [0.25, 0.3) is 0 Å². The zero-order valence-corrected chi connectivity index (χ0v) is 13.3. The minimum absolute atomic E-state index is 0.163. The molecule has 0 radical (unpaired) electrons. The van der Waals surface area contributed by atoms with Crippen LogP contribution in [0.3, 0.4) is 0 Å². The van der Waals surface area contributed by atoms with Gasteiger partial charge in [0.05, 0.1) is 22.8 Å². The van der Waals surface area contributed by atoms with Crippen molar-refractivity contribution in [2.75, 3.05) is 0 Å². The van der Waals surface area contributed by atoms with Gasteiger partial charge in [-0.2, -0.15) is 5.10 Å². The minimum Gasteiger partial charge on any atom is -0.299 e. The van der Waals surface area contributed by atoms with E-state index in [0.717, 1.165) is 43.5 Å². The molecule has 0 aliphatic carbocycles. The summed E-state index contributed by atoms with van der Waals surface area (Å²) in [5, 5.41) is 5.03. The van der Waals surface area contributed by atoms with Crippen LogP contribution in [0.4, 0.5) is 0 Å². The summed E-state index contributed by atoms with van der Waals surface area (Å²) in [6.45, 7) is 6.26. The second-order valence-corrected chi connectivity index (χ2v) is 5.45. The van der Waals surface area contributed by atoms with Crippen LogP contribution >= 0.6 is 11.6 Å². The van der Waals surface area contributed by atoms with Crippen molar-refractivity contribution in [1.29, 1.82) is 0 Å². The zero-order valence-electron chi connectivity index (χ0n) is 12.5. The van der Waals surface area contributed by atoms with Crippen LogP contribution in [0.5, 0.6) is 0 Å². The van der Waals surface area contributed by atoms with Gasteiger partial charge >= 0.3 is 0 Å². The summed E-state index contributed by atoms with van der Waals surface area (Å²) in [7, 11) is 1.86. The number of rotatable bonds is 8. The van der Waals surface area contributed by atoms with Gasteiger partial charge in [0.25, 0.3) is 0 Å². The first kappa shape index (κ1) is 16.2. The van der Waals surface area contributed by atoms with Gasteiger partial charge in [-0.3, -0.25) is 9.48 Å². The molecule has 0 fully saturated rings. The normalized spacial score (nSPS) is 12.7. The summed E-state index contributed by atoms with van der Waals surface area (Å²) in [4.78, 5) is 12.4. The number of ketones is 1. The van der Waals surface area contributed by atoms with Gasteiger partial charge in [0.2, 0.25) is 0 Å². The molecule has 1 heterocycles. The zero-order chi connectivity index (χ0) is 14.4. The maximum Gasteiger partial charge on any atom is 0.141 e. The first-order valence-electron chi connectivity index (χ1n) is 7.27. The van der Waals surface area contributed by atoms with E-state index in [4.69, 9.17) is 11.6 Å². The number of aromatic nitrogens is 2. The summed E-state index contributed by atoms with van der Waals surface area (Å²) in [6.07, 6.45) is 5.36. The summed E-state index contributed by atoms with van der Waals surface area (Å²) < 4.78 is 1.76. The third-order valence-electron chi connectivity index (χ3n) is 3.70. The standard InChI is InChI=1S/C15H25ClN2O/c1-5-8-9-11(6-2)14(19)10-13-15(16)12(7-3)17-18(13)4/h11H,5-10H2,1-4H3. The molecule has 0 aromatic carbocycles. The molecule has 108 valence electrons. The van der Waals surface area contributed by atoms with Crippen LogP contribution in [0.15, 0.2) is 0 Å². The molecule has 0 saturated heterocycles. The van der Waals surface area contributed by atoms with Gasteiger partial charge in [-0.15, -0.1) is 0 Å². The molecule has 1 atom stereocenters. The Morgan fingerprint density at radius 1 is 1.37 bits per heavy atom. The number of hydrogen-bond donors (Lipinski definition) is 0. The molecule has 1 aromatic rings. The Bertz CT molecular complexity index is 426. The van der Waals surface area contributed by atoms with Crippen LogP contribution in [0.1, 0.15) is 57.8 Å². The predicted octanol–water partition coefficient (Wildman–Crippen LogP) is 3.96. The molecular weight excluding hydrogens is 260 g/mol. The fourth-order valence-electron chi connectivity index (χ4n) is 2.36. The van der Waals surface area contributed by atoms with E-state index in [9.17, 15) is 4.79 Å². The molecule has 0 bridgehead atoms. The molecule has 0 spiro atoms. The second-order valence-electron chi connectivity index (χ2n) is 5.08. The number of hydrogen-bond acceptors (Lipinski definition) is 2. The highest BCUT2D eigenvalue weighted by Crippen LogP contribution is 2.24. The molecule has 0 saturated carbocycles. The van der Waals surface area contributed by atoms with Crippen LogP contribution < -0.4 is 0 Å². The van der Waals surface area contributed by atoms with Crippen molar-refractivity contribution in [1.82, 2.24) is 9.78 Å². The average molecular weight is 285 g/mol. The van der Waals surface area contributed by atoms with E-state index < -0.39 is 0 Å². The molecule has 4 heteroatoms. The number of nitrogens with zero attached hydrogens (tertiary/aromatic N) is 2. The smallest absolute Gasteiger partial charge is 0.141 e. The van der Waals surface area contributed by atoms with Crippen LogP contribution in [0.2, 0.25) is 5.02 Å². The van der Waals surface area contributed by atoms with Gasteiger partial charge in [0, 0.05) is 13.0 Å². The number of aryl methyl sites for hydroxylation is 2. The number of carbonyl (C=O) groups excluding carboxylic acids is 1. The summed E-state index contributed by atoms with van der Waals surface area (Å²) >= 11 is 6.29. The van der Waals surface area contributed by atoms with Crippen LogP contribution in [-0.4, -0.2) is 15.6 Å². The van der Waals surface area contributed by atoms with Gasteiger partial charge in [-0.1, -0.05) is 45.2 Å². The lowest BCUT2D eigenvalue weighted by atomic mass is 9.92. The number of carbonyl (C=O) groups is 1. The summed E-state index contributed by atoms with van der Waals surface area (Å²) in [5.74, 6) is 0.458. The maximum absolute atomic E-state index is 12.4. The molecule has 0 aliphatic rings. The molecule has 19 heavy (non-hydrogen) atoms. The first-order chi connectivity index (χ1) is 9.04. The third kappa shape index (κ3) is 4.07. The molecular formula is C15H25ClN2O. The average Bonchev–Trinajstić information content (AvgIpc) is 2.67. The third-order valence-corrected chi connectivity index (χ3v) is 4.14. The van der Waals surface area contributed by atoms with E-state index in [1.165, 1.54) is 0 Å². The van der Waals surface area contributed by atoms with Crippen molar-refractivity contribution in [3.63, 3.8) is 0 Å². The van der Waals surface area contributed by atoms with E-state index in [0.29, 0.717) is 17.2 Å². The number of halogens is 1. The summed E-state index contributed by atoms with van der Waals surface area (Å²) in [5.41, 5.74) is 1.74. The summed E-state index contributed by atoms with van der Waals surface area (Å²) in [6, 6.07) is 0. The van der Waals surface area contributed by atoms with Crippen LogP contribution in [-0.2, 0) is 24.7 Å². The molecule has 1 rings (SSSR count). The van der Waals surface area contributed by atoms with Gasteiger partial charge in [-0.25, -0.2) is 0 Å². The van der Waals surface area contributed by atoms with E-state index in [1.807, 2.05) is 14.0 Å². The Labute approximate surface area is 121 Å². The predicted molar refractivity (Wildman–Crippen MR) is 79.6 cm³/mol. The molecule has 0 amide bonds. The van der Waals surface area contributed by atoms with E-state index >= 15 is 0 Å². The largest absolute Gasteiger partial charge is 0.299 e. The molecule has 0 aliphatic heterocycles. The fraction of sp³-hybridized carbons (Fsp3) is 0.733. The lowest BCUT2D eigenvalue weighted by Gasteiger charge is -2.13. The molecule has 0 N–H and O–H groups in total. The van der Waals surface area contributed by atoms with Crippen molar-refractivity contribution < 1.29 is 4.79 Å². The quantitative estimate of drug-likeness (QED) is 0.724. The van der Waals surface area contributed by atoms with Crippen molar-refractivity contribution in [2.45, 2.75) is 59.3 Å². The SMILES string of the molecule is CCCCC(CC)C(=O)Cc1c(Cl)c(CC)nn1C. The monoisotopic (exact) mass is 284 g/mol. The van der Waals surface area contributed by atoms with Gasteiger partial charge < -0.3 is 0 Å².